The molecule has 5 nitrogen and oxygen atoms in total. The normalized spacial score (nSPS) is 12.3. The molecular formula is C19H10F6N4O. The van der Waals surface area contributed by atoms with Crippen molar-refractivity contribution < 1.29 is 30.9 Å². The highest BCUT2D eigenvalue weighted by Gasteiger charge is 2.41. The Labute approximate surface area is 164 Å². The van der Waals surface area contributed by atoms with Crippen LogP contribution in [0, 0.1) is 0 Å². The van der Waals surface area contributed by atoms with Gasteiger partial charge in [-0.05, 0) is 12.1 Å². The first-order valence-electron chi connectivity index (χ1n) is 8.36. The number of hydrogen-bond donors (Lipinski definition) is 1. The van der Waals surface area contributed by atoms with Gasteiger partial charge >= 0.3 is 12.4 Å². The Morgan fingerprint density at radius 1 is 0.833 bits per heavy atom. The first kappa shape index (κ1) is 19.7. The molecule has 1 aromatic carbocycles. The van der Waals surface area contributed by atoms with Crippen LogP contribution < -0.4 is 0 Å². The van der Waals surface area contributed by atoms with Crippen LogP contribution in [0.4, 0.5) is 26.3 Å². The summed E-state index contributed by atoms with van der Waals surface area (Å²) in [7, 11) is 0. The topological polar surface area (TPSA) is 67.6 Å². The van der Waals surface area contributed by atoms with Crippen molar-refractivity contribution in [2.45, 2.75) is 12.4 Å². The SMILES string of the molecule is FC(F)(F)c1ccc(-c2nc(-c3c(-c4ccccc4)noc3C(F)(F)F)c[nH]2)nc1. The van der Waals surface area contributed by atoms with Gasteiger partial charge in [-0.3, -0.25) is 4.98 Å². The zero-order valence-electron chi connectivity index (χ0n) is 14.7. The summed E-state index contributed by atoms with van der Waals surface area (Å²) in [5.41, 5.74) is -1.14. The van der Waals surface area contributed by atoms with E-state index < -0.39 is 23.7 Å². The van der Waals surface area contributed by atoms with Gasteiger partial charge in [0.15, 0.2) is 5.82 Å². The number of alkyl halides is 6. The van der Waals surface area contributed by atoms with Crippen LogP contribution in [0.3, 0.4) is 0 Å². The second-order valence-electron chi connectivity index (χ2n) is 6.16. The van der Waals surface area contributed by atoms with Crippen molar-refractivity contribution in [1.82, 2.24) is 20.1 Å². The zero-order valence-corrected chi connectivity index (χ0v) is 14.7. The Kier molecular flexibility index (Phi) is 4.60. The summed E-state index contributed by atoms with van der Waals surface area (Å²) >= 11 is 0. The quantitative estimate of drug-likeness (QED) is 0.420. The third-order valence-corrected chi connectivity index (χ3v) is 4.16. The number of nitrogens with one attached hydrogen (secondary N) is 1. The van der Waals surface area contributed by atoms with E-state index in [4.69, 9.17) is 0 Å². The molecule has 0 radical (unpaired) electrons. The third kappa shape index (κ3) is 3.65. The zero-order chi connectivity index (χ0) is 21.5. The molecule has 3 aromatic heterocycles. The molecule has 4 aromatic rings. The van der Waals surface area contributed by atoms with Crippen LogP contribution in [0.25, 0.3) is 34.0 Å². The standard InChI is InChI=1S/C19H10F6N4O/c20-18(21,22)11-6-7-12(26-8-11)17-27-9-13(28-17)14-15(10-4-2-1-3-5-10)29-30-16(14)19(23,24)25/h1-9H,(H,27,28). The van der Waals surface area contributed by atoms with Gasteiger partial charge in [-0.25, -0.2) is 4.98 Å². The lowest BCUT2D eigenvalue weighted by Crippen LogP contribution is -2.05. The van der Waals surface area contributed by atoms with Crippen LogP contribution >= 0.6 is 0 Å². The molecule has 154 valence electrons. The lowest BCUT2D eigenvalue weighted by Gasteiger charge is -2.06. The van der Waals surface area contributed by atoms with Crippen LogP contribution in [0.1, 0.15) is 11.3 Å². The summed E-state index contributed by atoms with van der Waals surface area (Å²) in [6.45, 7) is 0. The van der Waals surface area contributed by atoms with Crippen molar-refractivity contribution in [2.75, 3.05) is 0 Å². The highest BCUT2D eigenvalue weighted by Crippen LogP contribution is 2.42. The van der Waals surface area contributed by atoms with E-state index in [0.29, 0.717) is 11.8 Å². The number of halogens is 6. The number of hydrogen-bond acceptors (Lipinski definition) is 4. The van der Waals surface area contributed by atoms with Crippen LogP contribution in [0.5, 0.6) is 0 Å². The summed E-state index contributed by atoms with van der Waals surface area (Å²) in [4.78, 5) is 10.4. The van der Waals surface area contributed by atoms with Crippen molar-refractivity contribution >= 4 is 0 Å². The molecule has 0 saturated carbocycles. The molecule has 0 aliphatic heterocycles. The molecule has 0 amide bonds. The molecular weight excluding hydrogens is 414 g/mol. The van der Waals surface area contributed by atoms with Gasteiger partial charge in [-0.1, -0.05) is 35.5 Å². The Morgan fingerprint density at radius 2 is 1.57 bits per heavy atom. The maximum Gasteiger partial charge on any atom is 0.453 e. The fourth-order valence-electron chi connectivity index (χ4n) is 2.80. The van der Waals surface area contributed by atoms with E-state index in [1.807, 2.05) is 0 Å². The van der Waals surface area contributed by atoms with Crippen LogP contribution in [-0.2, 0) is 12.4 Å². The van der Waals surface area contributed by atoms with Crippen molar-refractivity contribution in [3.8, 4) is 34.0 Å². The second kappa shape index (κ2) is 7.01. The lowest BCUT2D eigenvalue weighted by molar-refractivity contribution is -0.155. The highest BCUT2D eigenvalue weighted by molar-refractivity contribution is 5.81. The average molecular weight is 424 g/mol. The molecule has 0 fully saturated rings. The number of H-pyrrole nitrogens is 1. The van der Waals surface area contributed by atoms with E-state index >= 15 is 0 Å². The molecule has 30 heavy (non-hydrogen) atoms. The third-order valence-electron chi connectivity index (χ3n) is 4.16. The molecule has 0 spiro atoms. The minimum absolute atomic E-state index is 0.00735. The lowest BCUT2D eigenvalue weighted by atomic mass is 10.0. The van der Waals surface area contributed by atoms with E-state index in [1.54, 1.807) is 30.3 Å². The minimum Gasteiger partial charge on any atom is -0.350 e. The minimum atomic E-state index is -4.83. The summed E-state index contributed by atoms with van der Waals surface area (Å²) in [5.74, 6) is -1.34. The maximum absolute atomic E-state index is 13.5. The number of pyridine rings is 1. The van der Waals surface area contributed by atoms with E-state index in [0.717, 1.165) is 12.1 Å². The van der Waals surface area contributed by atoms with Crippen molar-refractivity contribution in [3.05, 3.63) is 66.2 Å². The summed E-state index contributed by atoms with van der Waals surface area (Å²) < 4.78 is 83.0. The molecule has 0 unspecified atom stereocenters. The molecule has 0 saturated heterocycles. The highest BCUT2D eigenvalue weighted by atomic mass is 19.4. The molecule has 0 atom stereocenters. The first-order chi connectivity index (χ1) is 14.1. The summed E-state index contributed by atoms with van der Waals surface area (Å²) in [5, 5.41) is 3.56. The van der Waals surface area contributed by atoms with Crippen molar-refractivity contribution in [3.63, 3.8) is 0 Å². The molecule has 0 aliphatic rings. The second-order valence-corrected chi connectivity index (χ2v) is 6.16. The summed E-state index contributed by atoms with van der Waals surface area (Å²) in [6.07, 6.45) is -7.59. The van der Waals surface area contributed by atoms with Crippen LogP contribution in [0.15, 0.2) is 59.4 Å². The van der Waals surface area contributed by atoms with Crippen molar-refractivity contribution in [1.29, 1.82) is 0 Å². The predicted octanol–water partition coefficient (Wildman–Crippen LogP) is 5.83. The first-order valence-corrected chi connectivity index (χ1v) is 8.36. The fourth-order valence-corrected chi connectivity index (χ4v) is 2.80. The number of benzene rings is 1. The molecule has 4 rings (SSSR count). The number of aromatic amines is 1. The van der Waals surface area contributed by atoms with Gasteiger partial charge in [-0.15, -0.1) is 0 Å². The Hall–Kier alpha value is -3.63. The molecule has 0 bridgehead atoms. The molecule has 0 aliphatic carbocycles. The van der Waals surface area contributed by atoms with Crippen molar-refractivity contribution in [2.24, 2.45) is 0 Å². The van der Waals surface area contributed by atoms with Gasteiger partial charge in [0, 0.05) is 18.0 Å². The number of imidazole rings is 1. The van der Waals surface area contributed by atoms with Gasteiger partial charge in [0.1, 0.15) is 11.4 Å². The Balaban J connectivity index is 1.79. The van der Waals surface area contributed by atoms with E-state index in [2.05, 4.69) is 24.6 Å². The van der Waals surface area contributed by atoms with Gasteiger partial charge in [-0.2, -0.15) is 26.3 Å². The van der Waals surface area contributed by atoms with Crippen LogP contribution in [-0.4, -0.2) is 20.1 Å². The Bertz CT molecular complexity index is 1160. The van der Waals surface area contributed by atoms with E-state index in [9.17, 15) is 26.3 Å². The van der Waals surface area contributed by atoms with E-state index in [1.165, 1.54) is 6.20 Å². The number of nitrogens with zero attached hydrogens (tertiary/aromatic N) is 3. The molecule has 3 heterocycles. The maximum atomic E-state index is 13.5. The number of rotatable bonds is 3. The monoisotopic (exact) mass is 424 g/mol. The molecule has 1 N–H and O–H groups in total. The Morgan fingerprint density at radius 3 is 2.17 bits per heavy atom. The fraction of sp³-hybridized carbons (Fsp3) is 0.105. The van der Waals surface area contributed by atoms with Gasteiger partial charge in [0.25, 0.3) is 0 Å². The number of aromatic nitrogens is 4. The molecule has 11 heteroatoms. The average Bonchev–Trinajstić information content (AvgIpc) is 3.35. The summed E-state index contributed by atoms with van der Waals surface area (Å²) in [6, 6.07) is 9.95. The predicted molar refractivity (Wildman–Crippen MR) is 92.8 cm³/mol. The smallest absolute Gasteiger partial charge is 0.350 e. The van der Waals surface area contributed by atoms with Gasteiger partial charge in [0.2, 0.25) is 5.76 Å². The van der Waals surface area contributed by atoms with Gasteiger partial charge < -0.3 is 9.51 Å². The largest absolute Gasteiger partial charge is 0.453 e. The van der Waals surface area contributed by atoms with E-state index in [-0.39, 0.29) is 28.5 Å². The van der Waals surface area contributed by atoms with Crippen LogP contribution in [0.2, 0.25) is 0 Å². The van der Waals surface area contributed by atoms with Gasteiger partial charge in [0.05, 0.1) is 16.8 Å².